The number of hydrogen-bond donors (Lipinski definition) is 2. The first-order chi connectivity index (χ1) is 12.1. The Bertz CT molecular complexity index is 888. The molecule has 25 heavy (non-hydrogen) atoms. The second-order valence-electron chi connectivity index (χ2n) is 5.61. The first-order valence-electron chi connectivity index (χ1n) is 7.83. The molecular formula is C19H18N4O2. The fraction of sp³-hybridized carbons (Fsp3) is 0.105. The number of carbonyl (C=O) groups excluding carboxylic acids is 2. The summed E-state index contributed by atoms with van der Waals surface area (Å²) in [4.78, 5) is 24.4. The molecule has 3 rings (SSSR count). The van der Waals surface area contributed by atoms with Crippen molar-refractivity contribution in [2.45, 2.75) is 13.0 Å². The molecule has 2 amide bonds. The summed E-state index contributed by atoms with van der Waals surface area (Å²) in [6.45, 7) is 1.80. The SMILES string of the molecule is Cc1c(C(=O)NC(C(N)=O)c2ccccc2)cnn1-c1ccccc1. The highest BCUT2D eigenvalue weighted by atomic mass is 16.2. The predicted molar refractivity (Wildman–Crippen MR) is 94.1 cm³/mol. The van der Waals surface area contributed by atoms with Crippen LogP contribution in [0.1, 0.15) is 27.7 Å². The van der Waals surface area contributed by atoms with Crippen LogP contribution in [0.3, 0.4) is 0 Å². The van der Waals surface area contributed by atoms with Crippen LogP contribution in [-0.2, 0) is 4.79 Å². The summed E-state index contributed by atoms with van der Waals surface area (Å²) in [6.07, 6.45) is 1.49. The minimum Gasteiger partial charge on any atom is -0.368 e. The number of benzene rings is 2. The average Bonchev–Trinajstić information content (AvgIpc) is 3.02. The third kappa shape index (κ3) is 3.42. The molecule has 0 aliphatic carbocycles. The molecule has 0 bridgehead atoms. The van der Waals surface area contributed by atoms with E-state index in [2.05, 4.69) is 10.4 Å². The Kier molecular flexibility index (Phi) is 4.61. The number of nitrogens with two attached hydrogens (primary N) is 1. The van der Waals surface area contributed by atoms with Gasteiger partial charge in [-0.1, -0.05) is 48.5 Å². The van der Waals surface area contributed by atoms with Gasteiger partial charge in [0.25, 0.3) is 5.91 Å². The summed E-state index contributed by atoms with van der Waals surface area (Å²) < 4.78 is 1.68. The van der Waals surface area contributed by atoms with E-state index < -0.39 is 17.9 Å². The molecule has 6 heteroatoms. The zero-order valence-corrected chi connectivity index (χ0v) is 13.7. The molecule has 1 aromatic heterocycles. The smallest absolute Gasteiger partial charge is 0.255 e. The van der Waals surface area contributed by atoms with Crippen LogP contribution >= 0.6 is 0 Å². The van der Waals surface area contributed by atoms with E-state index in [1.807, 2.05) is 36.4 Å². The van der Waals surface area contributed by atoms with E-state index in [0.717, 1.165) is 5.69 Å². The van der Waals surface area contributed by atoms with Gasteiger partial charge in [-0.2, -0.15) is 5.10 Å². The Morgan fingerprint density at radius 2 is 1.64 bits per heavy atom. The van der Waals surface area contributed by atoms with E-state index >= 15 is 0 Å². The van der Waals surface area contributed by atoms with Crippen LogP contribution in [0.15, 0.2) is 66.9 Å². The molecule has 0 fully saturated rings. The average molecular weight is 334 g/mol. The Morgan fingerprint density at radius 3 is 2.24 bits per heavy atom. The number of rotatable bonds is 5. The Balaban J connectivity index is 1.86. The van der Waals surface area contributed by atoms with Crippen LogP contribution in [0.5, 0.6) is 0 Å². The lowest BCUT2D eigenvalue weighted by Crippen LogP contribution is -2.37. The van der Waals surface area contributed by atoms with Crippen molar-refractivity contribution in [2.75, 3.05) is 0 Å². The second-order valence-corrected chi connectivity index (χ2v) is 5.61. The fourth-order valence-corrected chi connectivity index (χ4v) is 2.64. The summed E-state index contributed by atoms with van der Waals surface area (Å²) in [6, 6.07) is 17.5. The lowest BCUT2D eigenvalue weighted by atomic mass is 10.1. The molecule has 0 radical (unpaired) electrons. The van der Waals surface area contributed by atoms with Gasteiger partial charge in [0, 0.05) is 0 Å². The molecule has 0 aliphatic rings. The molecule has 6 nitrogen and oxygen atoms in total. The number of amides is 2. The molecule has 126 valence electrons. The number of aromatic nitrogens is 2. The maximum absolute atomic E-state index is 12.6. The largest absolute Gasteiger partial charge is 0.368 e. The van der Waals surface area contributed by atoms with Gasteiger partial charge in [0.15, 0.2) is 0 Å². The van der Waals surface area contributed by atoms with Gasteiger partial charge >= 0.3 is 0 Å². The van der Waals surface area contributed by atoms with Crippen LogP contribution < -0.4 is 11.1 Å². The summed E-state index contributed by atoms with van der Waals surface area (Å²) in [5.41, 5.74) is 8.02. The number of carbonyl (C=O) groups is 2. The molecule has 2 aromatic carbocycles. The summed E-state index contributed by atoms with van der Waals surface area (Å²) >= 11 is 0. The van der Waals surface area contributed by atoms with Crippen molar-refractivity contribution in [2.24, 2.45) is 5.73 Å². The monoisotopic (exact) mass is 334 g/mol. The maximum Gasteiger partial charge on any atom is 0.255 e. The Labute approximate surface area is 145 Å². The molecule has 0 spiro atoms. The summed E-state index contributed by atoms with van der Waals surface area (Å²) in [5, 5.41) is 6.96. The van der Waals surface area contributed by atoms with Crippen molar-refractivity contribution >= 4 is 11.8 Å². The molecular weight excluding hydrogens is 316 g/mol. The quantitative estimate of drug-likeness (QED) is 0.749. The van der Waals surface area contributed by atoms with E-state index in [-0.39, 0.29) is 0 Å². The first kappa shape index (κ1) is 16.4. The van der Waals surface area contributed by atoms with E-state index in [9.17, 15) is 9.59 Å². The number of primary amides is 1. The van der Waals surface area contributed by atoms with E-state index in [1.54, 1.807) is 35.9 Å². The van der Waals surface area contributed by atoms with Crippen LogP contribution in [0, 0.1) is 6.92 Å². The van der Waals surface area contributed by atoms with Crippen LogP contribution in [0.2, 0.25) is 0 Å². The lowest BCUT2D eigenvalue weighted by Gasteiger charge is -2.15. The number of hydrogen-bond acceptors (Lipinski definition) is 3. The van der Waals surface area contributed by atoms with Gasteiger partial charge < -0.3 is 11.1 Å². The van der Waals surface area contributed by atoms with E-state index in [4.69, 9.17) is 5.73 Å². The number of nitrogens with one attached hydrogen (secondary N) is 1. The minimum atomic E-state index is -0.895. The topological polar surface area (TPSA) is 90.0 Å². The molecule has 3 N–H and O–H groups in total. The van der Waals surface area contributed by atoms with Crippen LogP contribution in [-0.4, -0.2) is 21.6 Å². The van der Waals surface area contributed by atoms with Crippen molar-refractivity contribution in [3.05, 3.63) is 83.7 Å². The Morgan fingerprint density at radius 1 is 1.04 bits per heavy atom. The molecule has 1 atom stereocenters. The normalized spacial score (nSPS) is 11.7. The first-order valence-corrected chi connectivity index (χ1v) is 7.83. The number of para-hydroxylation sites is 1. The second kappa shape index (κ2) is 7.00. The maximum atomic E-state index is 12.6. The third-order valence-corrected chi connectivity index (χ3v) is 3.95. The van der Waals surface area contributed by atoms with Crippen molar-refractivity contribution in [1.29, 1.82) is 0 Å². The molecule has 3 aromatic rings. The molecule has 1 unspecified atom stereocenters. The summed E-state index contributed by atoms with van der Waals surface area (Å²) in [7, 11) is 0. The van der Waals surface area contributed by atoms with Crippen molar-refractivity contribution in [3.8, 4) is 5.69 Å². The van der Waals surface area contributed by atoms with Gasteiger partial charge in [0.05, 0.1) is 23.1 Å². The van der Waals surface area contributed by atoms with Gasteiger partial charge in [-0.3, -0.25) is 9.59 Å². The molecule has 0 saturated heterocycles. The zero-order valence-electron chi connectivity index (χ0n) is 13.7. The Hall–Kier alpha value is -3.41. The fourth-order valence-electron chi connectivity index (χ4n) is 2.64. The van der Waals surface area contributed by atoms with Gasteiger partial charge in [-0.25, -0.2) is 4.68 Å². The highest BCUT2D eigenvalue weighted by Gasteiger charge is 2.23. The van der Waals surface area contributed by atoms with Crippen molar-refractivity contribution < 1.29 is 9.59 Å². The van der Waals surface area contributed by atoms with Crippen molar-refractivity contribution in [1.82, 2.24) is 15.1 Å². The van der Waals surface area contributed by atoms with Gasteiger partial charge in [0.1, 0.15) is 6.04 Å². The summed E-state index contributed by atoms with van der Waals surface area (Å²) in [5.74, 6) is -1.01. The van der Waals surface area contributed by atoms with E-state index in [1.165, 1.54) is 6.20 Å². The molecule has 0 saturated carbocycles. The van der Waals surface area contributed by atoms with Gasteiger partial charge in [0.2, 0.25) is 5.91 Å². The molecule has 0 aliphatic heterocycles. The zero-order chi connectivity index (χ0) is 17.8. The van der Waals surface area contributed by atoms with Gasteiger partial charge in [-0.15, -0.1) is 0 Å². The minimum absolute atomic E-state index is 0.394. The van der Waals surface area contributed by atoms with Crippen LogP contribution in [0.25, 0.3) is 5.69 Å². The van der Waals surface area contributed by atoms with E-state index in [0.29, 0.717) is 16.8 Å². The standard InChI is InChI=1S/C19H18N4O2/c1-13-16(12-21-23(13)15-10-6-3-7-11-15)19(25)22-17(18(20)24)14-8-4-2-5-9-14/h2-12,17H,1H3,(H2,20,24)(H,22,25). The number of nitrogens with zero attached hydrogens (tertiary/aromatic N) is 2. The highest BCUT2D eigenvalue weighted by molar-refractivity contribution is 5.98. The predicted octanol–water partition coefficient (Wildman–Crippen LogP) is 2.14. The van der Waals surface area contributed by atoms with Gasteiger partial charge in [-0.05, 0) is 24.6 Å². The molecule has 1 heterocycles. The lowest BCUT2D eigenvalue weighted by molar-refractivity contribution is -0.120. The van der Waals surface area contributed by atoms with Crippen LogP contribution in [0.4, 0.5) is 0 Å². The van der Waals surface area contributed by atoms with Crippen molar-refractivity contribution in [3.63, 3.8) is 0 Å². The third-order valence-electron chi connectivity index (χ3n) is 3.95. The highest BCUT2D eigenvalue weighted by Crippen LogP contribution is 2.17.